The normalized spacial score (nSPS) is 35.2. The maximum Gasteiger partial charge on any atom is 0.319 e. The number of urea groups is 1. The Labute approximate surface area is 162 Å². The van der Waals surface area contributed by atoms with Gasteiger partial charge >= 0.3 is 6.03 Å². The molecule has 7 heteroatoms. The topological polar surface area (TPSA) is 79.7 Å². The van der Waals surface area contributed by atoms with E-state index < -0.39 is 0 Å². The van der Waals surface area contributed by atoms with Crippen molar-refractivity contribution >= 4 is 11.9 Å². The molecule has 27 heavy (non-hydrogen) atoms. The van der Waals surface area contributed by atoms with E-state index in [4.69, 9.17) is 0 Å². The van der Waals surface area contributed by atoms with Crippen molar-refractivity contribution < 1.29 is 9.59 Å². The molecule has 0 radical (unpaired) electrons. The number of carbonyl (C=O) groups is 2. The molecule has 4 atom stereocenters. The van der Waals surface area contributed by atoms with Gasteiger partial charge in [0.1, 0.15) is 6.04 Å². The zero-order valence-corrected chi connectivity index (χ0v) is 17.1. The summed E-state index contributed by atoms with van der Waals surface area (Å²) in [6.45, 7) is 7.05. The number of nitriles is 1. The third-order valence-electron chi connectivity index (χ3n) is 7.02. The first kappa shape index (κ1) is 19.9. The molecule has 3 rings (SSSR count). The number of hydrogen-bond acceptors (Lipinski definition) is 4. The molecule has 7 nitrogen and oxygen atoms in total. The summed E-state index contributed by atoms with van der Waals surface area (Å²) in [5, 5.41) is 12.8. The largest absolute Gasteiger partial charge is 0.331 e. The Morgan fingerprint density at radius 2 is 2.11 bits per heavy atom. The second-order valence-electron chi connectivity index (χ2n) is 9.15. The van der Waals surface area contributed by atoms with Gasteiger partial charge in [0.05, 0.1) is 12.6 Å². The van der Waals surface area contributed by atoms with Crippen molar-refractivity contribution in [2.24, 2.45) is 11.3 Å². The fraction of sp³-hybridized carbons (Fsp3) is 0.850. The smallest absolute Gasteiger partial charge is 0.319 e. The zero-order chi connectivity index (χ0) is 19.8. The van der Waals surface area contributed by atoms with Crippen molar-refractivity contribution in [3.63, 3.8) is 0 Å². The molecule has 0 spiro atoms. The van der Waals surface area contributed by atoms with Gasteiger partial charge in [0, 0.05) is 39.3 Å². The van der Waals surface area contributed by atoms with Crippen LogP contribution < -0.4 is 5.32 Å². The molecular weight excluding hydrogens is 342 g/mol. The first-order valence-electron chi connectivity index (χ1n) is 10.1. The van der Waals surface area contributed by atoms with Crippen molar-refractivity contribution in [1.82, 2.24) is 20.0 Å². The van der Waals surface area contributed by atoms with Crippen molar-refractivity contribution in [2.75, 3.05) is 40.3 Å². The Hall–Kier alpha value is -1.81. The van der Waals surface area contributed by atoms with E-state index in [1.54, 1.807) is 23.9 Å². The Kier molecular flexibility index (Phi) is 5.40. The van der Waals surface area contributed by atoms with Gasteiger partial charge in [0.2, 0.25) is 5.91 Å². The number of likely N-dealkylation sites (tertiary alicyclic amines) is 2. The Morgan fingerprint density at radius 1 is 1.37 bits per heavy atom. The molecule has 3 fully saturated rings. The standard InChI is InChI=1S/C20H33N5O2/c1-5-20(22-11-17(26)25-8-6-7-16(25)10-21)9-15-12-24(18(27)23(3)4)14-19(15,2)13-20/h15-16,22H,5-9,11-14H2,1-4H3/t15-,16-,19+,20-/m0/s1. The van der Waals surface area contributed by atoms with E-state index in [0.29, 0.717) is 19.0 Å². The minimum Gasteiger partial charge on any atom is -0.331 e. The Balaban J connectivity index is 1.61. The predicted octanol–water partition coefficient (Wildman–Crippen LogP) is 1.65. The molecule has 1 N–H and O–H groups in total. The van der Waals surface area contributed by atoms with Gasteiger partial charge in [-0.05, 0) is 43.4 Å². The summed E-state index contributed by atoms with van der Waals surface area (Å²) in [7, 11) is 3.60. The minimum absolute atomic E-state index is 0.0403. The Bertz CT molecular complexity index is 645. The van der Waals surface area contributed by atoms with Crippen molar-refractivity contribution in [1.29, 1.82) is 5.26 Å². The third-order valence-corrected chi connectivity index (χ3v) is 7.02. The SMILES string of the molecule is CC[C@]1(NCC(=O)N2CCC[C@H]2C#N)C[C@H]2CN(C(=O)N(C)C)C[C@@]2(C)C1. The number of nitrogens with one attached hydrogen (secondary N) is 1. The fourth-order valence-electron chi connectivity index (χ4n) is 5.47. The molecule has 150 valence electrons. The Morgan fingerprint density at radius 3 is 2.70 bits per heavy atom. The first-order valence-corrected chi connectivity index (χ1v) is 10.1. The van der Waals surface area contributed by atoms with Crippen LogP contribution in [0.15, 0.2) is 0 Å². The number of hydrogen-bond donors (Lipinski definition) is 1. The van der Waals surface area contributed by atoms with Gasteiger partial charge in [0.25, 0.3) is 0 Å². The molecule has 0 bridgehead atoms. The van der Waals surface area contributed by atoms with Gasteiger partial charge < -0.3 is 20.0 Å². The number of fused-ring (bicyclic) bond motifs is 1. The molecule has 3 aliphatic rings. The molecule has 1 aliphatic carbocycles. The molecular formula is C20H33N5O2. The molecule has 0 aromatic carbocycles. The molecule has 0 aromatic rings. The van der Waals surface area contributed by atoms with Gasteiger partial charge in [0.15, 0.2) is 0 Å². The number of nitrogens with zero attached hydrogens (tertiary/aromatic N) is 4. The molecule has 2 saturated heterocycles. The maximum absolute atomic E-state index is 12.6. The van der Waals surface area contributed by atoms with E-state index in [1.807, 2.05) is 4.90 Å². The molecule has 1 saturated carbocycles. The van der Waals surface area contributed by atoms with Crippen molar-refractivity contribution in [3.8, 4) is 6.07 Å². The average Bonchev–Trinajstić information content (AvgIpc) is 3.29. The average molecular weight is 376 g/mol. The highest BCUT2D eigenvalue weighted by Crippen LogP contribution is 2.53. The lowest BCUT2D eigenvalue weighted by Gasteiger charge is -2.34. The summed E-state index contributed by atoms with van der Waals surface area (Å²) in [5.74, 6) is 0.501. The van der Waals surface area contributed by atoms with Crippen LogP contribution >= 0.6 is 0 Å². The highest BCUT2D eigenvalue weighted by Gasteiger charge is 2.56. The highest BCUT2D eigenvalue weighted by molar-refractivity contribution is 5.79. The van der Waals surface area contributed by atoms with Gasteiger partial charge in [-0.3, -0.25) is 4.79 Å². The second-order valence-corrected chi connectivity index (χ2v) is 9.15. The van der Waals surface area contributed by atoms with E-state index in [-0.39, 0.29) is 28.9 Å². The van der Waals surface area contributed by atoms with Crippen LogP contribution in [0.3, 0.4) is 0 Å². The number of carbonyl (C=O) groups excluding carboxylic acids is 2. The van der Waals surface area contributed by atoms with E-state index in [0.717, 1.165) is 45.2 Å². The van der Waals surface area contributed by atoms with Gasteiger partial charge in [-0.1, -0.05) is 13.8 Å². The minimum atomic E-state index is -0.261. The zero-order valence-electron chi connectivity index (χ0n) is 17.1. The summed E-state index contributed by atoms with van der Waals surface area (Å²) in [6, 6.07) is 2.07. The van der Waals surface area contributed by atoms with E-state index >= 15 is 0 Å². The van der Waals surface area contributed by atoms with Crippen molar-refractivity contribution in [2.45, 2.75) is 57.5 Å². The van der Waals surface area contributed by atoms with Crippen LogP contribution in [-0.2, 0) is 4.79 Å². The number of amides is 3. The quantitative estimate of drug-likeness (QED) is 0.810. The predicted molar refractivity (Wildman–Crippen MR) is 103 cm³/mol. The van der Waals surface area contributed by atoms with E-state index in [9.17, 15) is 14.9 Å². The highest BCUT2D eigenvalue weighted by atomic mass is 16.2. The molecule has 3 amide bonds. The first-order chi connectivity index (χ1) is 12.7. The molecule has 2 heterocycles. The summed E-state index contributed by atoms with van der Waals surface area (Å²) in [6.07, 6.45) is 4.64. The van der Waals surface area contributed by atoms with Crippen LogP contribution in [-0.4, -0.2) is 78.5 Å². The lowest BCUT2D eigenvalue weighted by atomic mass is 9.82. The number of rotatable bonds is 4. The van der Waals surface area contributed by atoms with Crippen LogP contribution in [0.2, 0.25) is 0 Å². The van der Waals surface area contributed by atoms with Crippen LogP contribution in [0.5, 0.6) is 0 Å². The van der Waals surface area contributed by atoms with Crippen LogP contribution in [0.4, 0.5) is 4.79 Å². The lowest BCUT2D eigenvalue weighted by Crippen LogP contribution is -2.50. The summed E-state index contributed by atoms with van der Waals surface area (Å²) < 4.78 is 0. The van der Waals surface area contributed by atoms with Gasteiger partial charge in [-0.2, -0.15) is 5.26 Å². The molecule has 0 aromatic heterocycles. The third kappa shape index (κ3) is 3.64. The van der Waals surface area contributed by atoms with E-state index in [1.165, 1.54) is 0 Å². The van der Waals surface area contributed by atoms with Crippen LogP contribution in [0.1, 0.15) is 46.0 Å². The second kappa shape index (κ2) is 7.31. The van der Waals surface area contributed by atoms with E-state index in [2.05, 4.69) is 25.2 Å². The summed E-state index contributed by atoms with van der Waals surface area (Å²) in [5.41, 5.74) is 0.0464. The molecule has 2 aliphatic heterocycles. The molecule has 0 unspecified atom stereocenters. The van der Waals surface area contributed by atoms with Crippen molar-refractivity contribution in [3.05, 3.63) is 0 Å². The van der Waals surface area contributed by atoms with Crippen LogP contribution in [0.25, 0.3) is 0 Å². The maximum atomic E-state index is 12.6. The summed E-state index contributed by atoms with van der Waals surface area (Å²) >= 11 is 0. The monoisotopic (exact) mass is 375 g/mol. The fourth-order valence-corrected chi connectivity index (χ4v) is 5.47. The van der Waals surface area contributed by atoms with Crippen LogP contribution in [0, 0.1) is 22.7 Å². The summed E-state index contributed by atoms with van der Waals surface area (Å²) in [4.78, 5) is 30.3. The lowest BCUT2D eigenvalue weighted by molar-refractivity contribution is -0.130. The van der Waals surface area contributed by atoms with Gasteiger partial charge in [-0.25, -0.2) is 4.79 Å². The van der Waals surface area contributed by atoms with Gasteiger partial charge in [-0.15, -0.1) is 0 Å².